The van der Waals surface area contributed by atoms with Crippen LogP contribution in [-0.2, 0) is 21.4 Å². The molecule has 1 aliphatic heterocycles. The Labute approximate surface area is 180 Å². The average molecular weight is 433 g/mol. The number of nitrogens with zero attached hydrogens (tertiary/aromatic N) is 4. The van der Waals surface area contributed by atoms with Gasteiger partial charge in [0.15, 0.2) is 11.0 Å². The van der Waals surface area contributed by atoms with Crippen molar-refractivity contribution in [3.63, 3.8) is 0 Å². The molecule has 30 heavy (non-hydrogen) atoms. The van der Waals surface area contributed by atoms with Crippen LogP contribution in [0.4, 0.5) is 0 Å². The van der Waals surface area contributed by atoms with Crippen molar-refractivity contribution in [3.05, 3.63) is 24.3 Å². The Bertz CT molecular complexity index is 876. The molecule has 0 aliphatic carbocycles. The molecule has 162 valence electrons. The fourth-order valence-corrected chi connectivity index (χ4v) is 4.37. The average Bonchev–Trinajstić information content (AvgIpc) is 3.13. The summed E-state index contributed by atoms with van der Waals surface area (Å²) in [5.74, 6) is 1.30. The number of aromatic nitrogens is 3. The van der Waals surface area contributed by atoms with Gasteiger partial charge in [-0.3, -0.25) is 9.59 Å². The van der Waals surface area contributed by atoms with Gasteiger partial charge < -0.3 is 18.9 Å². The van der Waals surface area contributed by atoms with Gasteiger partial charge in [0.1, 0.15) is 5.75 Å². The van der Waals surface area contributed by atoms with E-state index in [-0.39, 0.29) is 23.0 Å². The maximum atomic E-state index is 12.9. The van der Waals surface area contributed by atoms with E-state index in [0.29, 0.717) is 37.7 Å². The molecule has 1 amide bonds. The zero-order valence-corrected chi connectivity index (χ0v) is 18.6. The van der Waals surface area contributed by atoms with Crippen molar-refractivity contribution in [1.29, 1.82) is 0 Å². The number of carbonyl (C=O) groups excluding carboxylic acids is 2. The number of hydrogen-bond acceptors (Lipinski definition) is 7. The zero-order chi connectivity index (χ0) is 21.7. The zero-order valence-electron chi connectivity index (χ0n) is 17.8. The molecule has 8 nitrogen and oxygen atoms in total. The molecule has 0 unspecified atom stereocenters. The van der Waals surface area contributed by atoms with Gasteiger partial charge in [0.2, 0.25) is 5.91 Å². The number of carbonyl (C=O) groups is 2. The quantitative estimate of drug-likeness (QED) is 0.491. The summed E-state index contributed by atoms with van der Waals surface area (Å²) in [6.07, 6.45) is 1.29. The lowest BCUT2D eigenvalue weighted by Gasteiger charge is -2.32. The van der Waals surface area contributed by atoms with E-state index in [1.807, 2.05) is 54.6 Å². The van der Waals surface area contributed by atoms with E-state index in [4.69, 9.17) is 9.47 Å². The van der Waals surface area contributed by atoms with Crippen molar-refractivity contribution in [2.45, 2.75) is 37.1 Å². The molecule has 2 heterocycles. The second-order valence-corrected chi connectivity index (χ2v) is 8.51. The molecule has 1 atom stereocenters. The molecule has 3 rings (SSSR count). The summed E-state index contributed by atoms with van der Waals surface area (Å²) in [6.45, 7) is 5.22. The summed E-state index contributed by atoms with van der Waals surface area (Å²) in [5, 5.41) is 8.95. The summed E-state index contributed by atoms with van der Waals surface area (Å²) < 4.78 is 12.2. The second-order valence-electron chi connectivity index (χ2n) is 7.21. The van der Waals surface area contributed by atoms with Crippen LogP contribution in [0.25, 0.3) is 11.4 Å². The summed E-state index contributed by atoms with van der Waals surface area (Å²) >= 11 is 1.39. The van der Waals surface area contributed by atoms with Crippen molar-refractivity contribution in [1.82, 2.24) is 19.7 Å². The van der Waals surface area contributed by atoms with E-state index < -0.39 is 0 Å². The first-order valence-corrected chi connectivity index (χ1v) is 11.0. The van der Waals surface area contributed by atoms with Crippen molar-refractivity contribution >= 4 is 23.6 Å². The number of piperidine rings is 1. The van der Waals surface area contributed by atoms with Crippen LogP contribution in [0, 0.1) is 5.92 Å². The van der Waals surface area contributed by atoms with Crippen LogP contribution in [0.5, 0.6) is 5.75 Å². The third-order valence-electron chi connectivity index (χ3n) is 5.24. The SMILES string of the molecule is CCOC(=O)C1CCN(C(=O)[C@@H](C)Sc2nnc(-c3ccc(OC)cc3)n2C)CC1. The highest BCUT2D eigenvalue weighted by molar-refractivity contribution is 8.00. The molecule has 1 aromatic heterocycles. The normalized spacial score (nSPS) is 15.7. The Balaban J connectivity index is 1.59. The molecule has 2 aromatic rings. The highest BCUT2D eigenvalue weighted by Gasteiger charge is 2.31. The summed E-state index contributed by atoms with van der Waals surface area (Å²) in [5.41, 5.74) is 0.928. The first kappa shape index (κ1) is 22.1. The van der Waals surface area contributed by atoms with Crippen LogP contribution < -0.4 is 4.74 Å². The molecule has 0 saturated carbocycles. The summed E-state index contributed by atoms with van der Waals surface area (Å²) in [7, 11) is 3.52. The van der Waals surface area contributed by atoms with Gasteiger partial charge >= 0.3 is 5.97 Å². The van der Waals surface area contributed by atoms with Gasteiger partial charge in [0.25, 0.3) is 0 Å². The smallest absolute Gasteiger partial charge is 0.309 e. The maximum Gasteiger partial charge on any atom is 0.309 e. The van der Waals surface area contributed by atoms with Gasteiger partial charge in [-0.15, -0.1) is 10.2 Å². The maximum absolute atomic E-state index is 12.9. The van der Waals surface area contributed by atoms with Crippen LogP contribution in [-0.4, -0.2) is 63.6 Å². The number of benzene rings is 1. The summed E-state index contributed by atoms with van der Waals surface area (Å²) in [4.78, 5) is 26.6. The predicted molar refractivity (Wildman–Crippen MR) is 114 cm³/mol. The first-order chi connectivity index (χ1) is 14.4. The van der Waals surface area contributed by atoms with Crippen LogP contribution in [0.1, 0.15) is 26.7 Å². The molecular weight excluding hydrogens is 404 g/mol. The Hall–Kier alpha value is -2.55. The van der Waals surface area contributed by atoms with Crippen molar-refractivity contribution in [3.8, 4) is 17.1 Å². The molecule has 1 fully saturated rings. The van der Waals surface area contributed by atoms with E-state index in [9.17, 15) is 9.59 Å². The van der Waals surface area contributed by atoms with Gasteiger partial charge in [-0.2, -0.15) is 0 Å². The minimum Gasteiger partial charge on any atom is -0.497 e. The van der Waals surface area contributed by atoms with E-state index in [0.717, 1.165) is 17.1 Å². The molecular formula is C21H28N4O4S. The third kappa shape index (κ3) is 4.95. The van der Waals surface area contributed by atoms with Crippen molar-refractivity contribution < 1.29 is 19.1 Å². The second kappa shape index (κ2) is 9.97. The van der Waals surface area contributed by atoms with Gasteiger partial charge in [-0.05, 0) is 51.0 Å². The molecule has 0 N–H and O–H groups in total. The topological polar surface area (TPSA) is 86.6 Å². The lowest BCUT2D eigenvalue weighted by Crippen LogP contribution is -2.43. The van der Waals surface area contributed by atoms with Gasteiger partial charge in [0, 0.05) is 25.7 Å². The van der Waals surface area contributed by atoms with Crippen LogP contribution in [0.3, 0.4) is 0 Å². The van der Waals surface area contributed by atoms with Crippen LogP contribution in [0.15, 0.2) is 29.4 Å². The first-order valence-electron chi connectivity index (χ1n) is 10.1. The molecule has 1 aromatic carbocycles. The van der Waals surface area contributed by atoms with Crippen molar-refractivity contribution in [2.24, 2.45) is 13.0 Å². The molecule has 1 saturated heterocycles. The Kier molecular flexibility index (Phi) is 7.36. The largest absolute Gasteiger partial charge is 0.497 e. The number of rotatable bonds is 7. The fraction of sp³-hybridized carbons (Fsp3) is 0.524. The van der Waals surface area contributed by atoms with Gasteiger partial charge in [0.05, 0.1) is 24.9 Å². The van der Waals surface area contributed by atoms with Crippen LogP contribution in [0.2, 0.25) is 0 Å². The number of likely N-dealkylation sites (tertiary alicyclic amines) is 1. The molecule has 1 aliphatic rings. The number of esters is 1. The van der Waals surface area contributed by atoms with E-state index in [2.05, 4.69) is 10.2 Å². The number of thioether (sulfide) groups is 1. The highest BCUT2D eigenvalue weighted by Crippen LogP contribution is 2.28. The lowest BCUT2D eigenvalue weighted by atomic mass is 9.97. The van der Waals surface area contributed by atoms with Crippen LogP contribution >= 0.6 is 11.8 Å². The van der Waals surface area contributed by atoms with E-state index >= 15 is 0 Å². The van der Waals surface area contributed by atoms with Gasteiger partial charge in [-0.1, -0.05) is 11.8 Å². The van der Waals surface area contributed by atoms with Gasteiger partial charge in [-0.25, -0.2) is 0 Å². The Morgan fingerprint density at radius 2 is 1.87 bits per heavy atom. The molecule has 0 radical (unpaired) electrons. The number of amides is 1. The molecule has 0 spiro atoms. The molecule has 9 heteroatoms. The standard InChI is InChI=1S/C21H28N4O4S/c1-5-29-20(27)16-10-12-25(13-11-16)19(26)14(2)30-21-23-22-18(24(21)3)15-6-8-17(28-4)9-7-15/h6-9,14,16H,5,10-13H2,1-4H3/t14-/m1/s1. The van der Waals surface area contributed by atoms with E-state index in [1.54, 1.807) is 7.11 Å². The minimum absolute atomic E-state index is 0.0521. The number of ether oxygens (including phenoxy) is 2. The fourth-order valence-electron chi connectivity index (χ4n) is 3.47. The van der Waals surface area contributed by atoms with E-state index in [1.165, 1.54) is 11.8 Å². The Morgan fingerprint density at radius 1 is 1.20 bits per heavy atom. The monoisotopic (exact) mass is 432 g/mol. The lowest BCUT2D eigenvalue weighted by molar-refractivity contribution is -0.151. The third-order valence-corrected chi connectivity index (χ3v) is 6.36. The highest BCUT2D eigenvalue weighted by atomic mass is 32.2. The number of methoxy groups -OCH3 is 1. The van der Waals surface area contributed by atoms with Crippen molar-refractivity contribution in [2.75, 3.05) is 26.8 Å². The molecule has 0 bridgehead atoms. The predicted octanol–water partition coefficient (Wildman–Crippen LogP) is 2.77. The Morgan fingerprint density at radius 3 is 2.47 bits per heavy atom. The minimum atomic E-state index is -0.296. The summed E-state index contributed by atoms with van der Waals surface area (Å²) in [6, 6.07) is 7.62. The number of hydrogen-bond donors (Lipinski definition) is 0.